The van der Waals surface area contributed by atoms with Crippen molar-refractivity contribution in [3.8, 4) is 0 Å². The van der Waals surface area contributed by atoms with Crippen molar-refractivity contribution in [3.63, 3.8) is 0 Å². The molecule has 0 fully saturated rings. The van der Waals surface area contributed by atoms with Gasteiger partial charge in [-0.05, 0) is 59.5 Å². The zero-order valence-electron chi connectivity index (χ0n) is 25.2. The van der Waals surface area contributed by atoms with Gasteiger partial charge in [-0.1, -0.05) is 115 Å². The van der Waals surface area contributed by atoms with Crippen LogP contribution in [0.3, 0.4) is 0 Å². The molecule has 46 heavy (non-hydrogen) atoms. The number of nitrogens with zero attached hydrogens (tertiary/aromatic N) is 2. The van der Waals surface area contributed by atoms with E-state index in [2.05, 4.69) is 5.32 Å². The molecule has 0 heterocycles. The number of halogens is 4. The number of anilines is 1. The Labute approximate surface area is 290 Å². The Morgan fingerprint density at radius 3 is 2.02 bits per heavy atom. The van der Waals surface area contributed by atoms with Gasteiger partial charge in [0.25, 0.3) is 10.0 Å². The lowest BCUT2D eigenvalue weighted by Gasteiger charge is -2.34. The van der Waals surface area contributed by atoms with Gasteiger partial charge in [-0.2, -0.15) is 0 Å². The number of sulfonamides is 1. The maximum Gasteiger partial charge on any atom is 0.264 e. The van der Waals surface area contributed by atoms with Crippen molar-refractivity contribution in [1.82, 2.24) is 10.2 Å². The molecule has 242 valence electrons. The van der Waals surface area contributed by atoms with E-state index in [0.717, 1.165) is 9.87 Å². The summed E-state index contributed by atoms with van der Waals surface area (Å²) < 4.78 is 29.1. The molecule has 1 atom stereocenters. The lowest BCUT2D eigenvalue weighted by molar-refractivity contribution is -0.140. The highest BCUT2D eigenvalue weighted by Crippen LogP contribution is 2.33. The molecule has 0 bridgehead atoms. The molecule has 2 amide bonds. The van der Waals surface area contributed by atoms with Crippen LogP contribution in [0.5, 0.6) is 0 Å². The van der Waals surface area contributed by atoms with Gasteiger partial charge in [0.2, 0.25) is 11.8 Å². The molecule has 0 aromatic heterocycles. The fourth-order valence-corrected chi connectivity index (χ4v) is 7.07. The van der Waals surface area contributed by atoms with Crippen LogP contribution in [0, 0.1) is 5.92 Å². The highest BCUT2D eigenvalue weighted by atomic mass is 35.5. The lowest BCUT2D eigenvalue weighted by atomic mass is 10.0. The summed E-state index contributed by atoms with van der Waals surface area (Å²) in [6.07, 6.45) is 0.158. The minimum absolute atomic E-state index is 0.0136. The molecule has 0 saturated heterocycles. The first-order valence-corrected chi connectivity index (χ1v) is 17.4. The molecule has 4 aromatic carbocycles. The number of rotatable bonds is 13. The van der Waals surface area contributed by atoms with E-state index in [1.54, 1.807) is 36.4 Å². The van der Waals surface area contributed by atoms with Crippen molar-refractivity contribution in [1.29, 1.82) is 0 Å². The second kappa shape index (κ2) is 16.0. The van der Waals surface area contributed by atoms with Crippen LogP contribution in [0.15, 0.2) is 102 Å². The molecular weight excluding hydrogens is 688 g/mol. The summed E-state index contributed by atoms with van der Waals surface area (Å²) in [7, 11) is -4.34. The summed E-state index contributed by atoms with van der Waals surface area (Å²) in [6.45, 7) is 3.50. The van der Waals surface area contributed by atoms with Gasteiger partial charge < -0.3 is 10.2 Å². The van der Waals surface area contributed by atoms with E-state index >= 15 is 0 Å². The van der Waals surface area contributed by atoms with Crippen molar-refractivity contribution in [3.05, 3.63) is 128 Å². The van der Waals surface area contributed by atoms with Gasteiger partial charge in [-0.25, -0.2) is 8.42 Å². The van der Waals surface area contributed by atoms with Crippen LogP contribution in [0.2, 0.25) is 20.1 Å². The molecule has 0 radical (unpaired) electrons. The number of hydrogen-bond donors (Lipinski definition) is 1. The maximum absolute atomic E-state index is 14.6. The van der Waals surface area contributed by atoms with Gasteiger partial charge in [0.15, 0.2) is 0 Å². The zero-order valence-corrected chi connectivity index (χ0v) is 29.0. The van der Waals surface area contributed by atoms with Gasteiger partial charge in [0.1, 0.15) is 12.6 Å². The lowest BCUT2D eigenvalue weighted by Crippen LogP contribution is -2.53. The number of nitrogens with one attached hydrogen (secondary N) is 1. The van der Waals surface area contributed by atoms with Crippen molar-refractivity contribution < 1.29 is 18.0 Å². The van der Waals surface area contributed by atoms with Gasteiger partial charge in [-0.15, -0.1) is 0 Å². The van der Waals surface area contributed by atoms with Crippen LogP contribution in [-0.2, 0) is 32.6 Å². The van der Waals surface area contributed by atoms with E-state index in [-0.39, 0.29) is 44.5 Å². The predicted octanol–water partition coefficient (Wildman–Crippen LogP) is 7.91. The molecule has 4 rings (SSSR count). The van der Waals surface area contributed by atoms with Crippen molar-refractivity contribution in [2.24, 2.45) is 5.92 Å². The second-order valence-corrected chi connectivity index (χ2v) is 14.6. The van der Waals surface area contributed by atoms with E-state index in [1.165, 1.54) is 35.2 Å². The van der Waals surface area contributed by atoms with Crippen LogP contribution in [0.4, 0.5) is 5.69 Å². The van der Waals surface area contributed by atoms with Crippen LogP contribution in [0.1, 0.15) is 25.0 Å². The number of carbonyl (C=O) groups excluding carboxylic acids is 2. The van der Waals surface area contributed by atoms with Crippen molar-refractivity contribution in [2.75, 3.05) is 17.4 Å². The molecule has 0 saturated carbocycles. The Balaban J connectivity index is 1.84. The summed E-state index contributed by atoms with van der Waals surface area (Å²) in [5.74, 6) is -0.913. The Kier molecular flexibility index (Phi) is 12.4. The number of amides is 2. The zero-order chi connectivity index (χ0) is 33.4. The van der Waals surface area contributed by atoms with Crippen LogP contribution in [-0.4, -0.2) is 44.3 Å². The van der Waals surface area contributed by atoms with Gasteiger partial charge >= 0.3 is 0 Å². The quantitative estimate of drug-likeness (QED) is 0.152. The summed E-state index contributed by atoms with van der Waals surface area (Å²) in [6, 6.07) is 25.1. The molecule has 4 aromatic rings. The third-order valence-corrected chi connectivity index (χ3v) is 10.0. The second-order valence-electron chi connectivity index (χ2n) is 11.0. The summed E-state index contributed by atoms with van der Waals surface area (Å²) in [5.41, 5.74) is 1.34. The highest BCUT2D eigenvalue weighted by Gasteiger charge is 2.35. The maximum atomic E-state index is 14.6. The van der Waals surface area contributed by atoms with E-state index < -0.39 is 34.4 Å². The normalized spacial score (nSPS) is 12.1. The Hall–Kier alpha value is -3.27. The molecule has 0 aliphatic carbocycles. The van der Waals surface area contributed by atoms with Gasteiger partial charge in [-0.3, -0.25) is 13.9 Å². The van der Waals surface area contributed by atoms with Crippen molar-refractivity contribution in [2.45, 2.75) is 37.8 Å². The Bertz CT molecular complexity index is 1770. The predicted molar refractivity (Wildman–Crippen MR) is 186 cm³/mol. The van der Waals surface area contributed by atoms with Gasteiger partial charge in [0.05, 0.1) is 15.6 Å². The topological polar surface area (TPSA) is 86.8 Å². The van der Waals surface area contributed by atoms with E-state index in [9.17, 15) is 18.0 Å². The van der Waals surface area contributed by atoms with Gasteiger partial charge in [0, 0.05) is 34.6 Å². The molecule has 0 aliphatic heterocycles. The average Bonchev–Trinajstić information content (AvgIpc) is 3.03. The number of benzene rings is 4. The summed E-state index contributed by atoms with van der Waals surface area (Å²) in [5, 5.41) is 3.93. The number of hydrogen-bond acceptors (Lipinski definition) is 4. The first-order chi connectivity index (χ1) is 21.9. The molecule has 1 N–H and O–H groups in total. The largest absolute Gasteiger partial charge is 0.354 e. The minimum atomic E-state index is -4.34. The van der Waals surface area contributed by atoms with E-state index in [1.807, 2.05) is 44.2 Å². The van der Waals surface area contributed by atoms with Crippen LogP contribution >= 0.6 is 46.4 Å². The Morgan fingerprint density at radius 1 is 0.783 bits per heavy atom. The Morgan fingerprint density at radius 2 is 1.39 bits per heavy atom. The molecule has 0 spiro atoms. The summed E-state index contributed by atoms with van der Waals surface area (Å²) in [4.78, 5) is 29.7. The van der Waals surface area contributed by atoms with Crippen LogP contribution < -0.4 is 9.62 Å². The molecule has 7 nitrogen and oxygen atoms in total. The average molecular weight is 722 g/mol. The SMILES string of the molecule is CC(C)CNC(=O)C(Cc1ccccc1)N(Cc1ccc(Cl)cc1Cl)C(=O)CN(c1cc(Cl)ccc1Cl)S(=O)(=O)c1ccccc1. The minimum Gasteiger partial charge on any atom is -0.354 e. The van der Waals surface area contributed by atoms with E-state index in [4.69, 9.17) is 46.4 Å². The van der Waals surface area contributed by atoms with E-state index in [0.29, 0.717) is 17.1 Å². The molecule has 1 unspecified atom stereocenters. The fourth-order valence-electron chi connectivity index (χ4n) is 4.72. The van der Waals surface area contributed by atoms with Crippen LogP contribution in [0.25, 0.3) is 0 Å². The number of carbonyl (C=O) groups is 2. The monoisotopic (exact) mass is 719 g/mol. The highest BCUT2D eigenvalue weighted by molar-refractivity contribution is 7.92. The third-order valence-electron chi connectivity index (χ3n) is 7.10. The van der Waals surface area contributed by atoms with Crippen molar-refractivity contribution >= 4 is 73.9 Å². The first kappa shape index (κ1) is 35.6. The molecular formula is C34H33Cl4N3O4S. The smallest absolute Gasteiger partial charge is 0.264 e. The third kappa shape index (κ3) is 9.17. The molecule has 0 aliphatic rings. The molecule has 12 heteroatoms. The standard InChI is InChI=1S/C34H33Cl4N3O4S/c1-23(2)20-39-34(43)32(17-24-9-5-3-6-10-24)40(21-25-13-14-26(35)18-30(25)38)33(42)22-41(31-19-27(36)15-16-29(31)37)46(44,45)28-11-7-4-8-12-28/h3-16,18-19,23,32H,17,20-22H2,1-2H3,(H,39,43). The fraction of sp³-hybridized carbons (Fsp3) is 0.235. The first-order valence-electron chi connectivity index (χ1n) is 14.4. The summed E-state index contributed by atoms with van der Waals surface area (Å²) >= 11 is 25.5.